The second-order valence-electron chi connectivity index (χ2n) is 0.402. The van der Waals surface area contributed by atoms with Crippen LogP contribution in [0.4, 0.5) is 0 Å². The molecule has 10 heavy (non-hydrogen) atoms. The Bertz CT molecular complexity index is 33.2. The molecular formula is H5BrCaIKO6. The van der Waals surface area contributed by atoms with Crippen LogP contribution < -0.4 is 36.3 Å². The Labute approximate surface area is 144 Å². The van der Waals surface area contributed by atoms with Crippen LogP contribution in [0.3, 0.4) is 0 Å². The minimum atomic E-state index is -3.76. The number of rotatable bonds is 0. The van der Waals surface area contributed by atoms with Gasteiger partial charge in [-0.1, -0.05) is 0 Å². The predicted octanol–water partition coefficient (Wildman–Crippen LogP) is -10.4. The van der Waals surface area contributed by atoms with E-state index in [1.54, 1.807) is 0 Å². The third-order valence-electron chi connectivity index (χ3n) is 0. The van der Waals surface area contributed by atoms with Gasteiger partial charge in [0.1, 0.15) is 0 Å². The third kappa shape index (κ3) is 93.7. The quantitative estimate of drug-likeness (QED) is 0.314. The average Bonchev–Trinajstić information content (AvgIpc) is 1.25. The molecule has 0 atom stereocenters. The van der Waals surface area contributed by atoms with Gasteiger partial charge in [-0.3, -0.25) is 0 Å². The zero-order valence-electron chi connectivity index (χ0n) is 3.28. The first-order chi connectivity index (χ1) is 3.46. The fourth-order valence-corrected chi connectivity index (χ4v) is 0. The summed E-state index contributed by atoms with van der Waals surface area (Å²) in [5.74, 6) is 0. The summed E-state index contributed by atoms with van der Waals surface area (Å²) in [7, 11) is 0. The van der Waals surface area contributed by atoms with Gasteiger partial charge in [0.2, 0.25) is 0 Å². The van der Waals surface area contributed by atoms with E-state index >= 15 is 0 Å². The molecule has 0 aliphatic rings. The Morgan fingerprint density at radius 3 is 1.20 bits per heavy atom. The largest absolute Gasteiger partial charge is 0.503 e. The maximum atomic E-state index is 8.68. The van der Waals surface area contributed by atoms with Crippen LogP contribution in [-0.4, -0.2) is 96.8 Å². The summed E-state index contributed by atoms with van der Waals surface area (Å²) >= 11 is -7.16. The Hall–Kier alpha value is 3.87. The zero-order valence-corrected chi connectivity index (χ0v) is 7.03. The number of hydrogen-bond acceptors (Lipinski definition) is 6. The molecule has 0 fully saturated rings. The first-order valence-electron chi connectivity index (χ1n) is 0.955. The van der Waals surface area contributed by atoms with Crippen LogP contribution in [0, 0.1) is 14.8 Å². The molecule has 0 heterocycles. The van der Waals surface area contributed by atoms with Crippen molar-refractivity contribution in [2.24, 2.45) is 0 Å². The van der Waals surface area contributed by atoms with Gasteiger partial charge in [0.25, 0.3) is 0 Å². The van der Waals surface area contributed by atoms with Crippen LogP contribution in [0.1, 0.15) is 0 Å². The first-order valence-corrected chi connectivity index (χ1v) is 5.69. The van der Waals surface area contributed by atoms with Crippen molar-refractivity contribution < 1.29 is 58.8 Å². The molecule has 58 valence electrons. The van der Waals surface area contributed by atoms with E-state index in [1.807, 2.05) is 0 Å². The molecule has 0 radical (unpaired) electrons. The van der Waals surface area contributed by atoms with Crippen molar-refractivity contribution in [1.29, 1.82) is 0 Å². The SMILES string of the molecule is [CaH2].[KH].[O-][Br+2]([O-])O.[O-][I+2]([O-])O. The second kappa shape index (κ2) is 18.6. The van der Waals surface area contributed by atoms with Crippen molar-refractivity contribution >= 4 is 89.1 Å². The molecule has 0 aliphatic carbocycles. The standard InChI is InChI=1S/BrHO3.Ca.HIO3.K.3H/c2-1(3)4;;2-1(3)4;;;;/h2H;;2H;;;;. The molecule has 0 spiro atoms. The molecule has 0 aliphatic heterocycles. The molecule has 0 saturated carbocycles. The van der Waals surface area contributed by atoms with Gasteiger partial charge in [-0.05, 0) is 7.63 Å². The molecule has 0 saturated heterocycles. The van der Waals surface area contributed by atoms with Crippen LogP contribution in [0.15, 0.2) is 0 Å². The minimum Gasteiger partial charge on any atom is -0.396 e. The molecular weight excluding hydrogens is 382 g/mol. The van der Waals surface area contributed by atoms with E-state index in [0.717, 1.165) is 0 Å². The maximum Gasteiger partial charge on any atom is 0.503 e. The summed E-state index contributed by atoms with van der Waals surface area (Å²) < 4.78 is 48.8. The Kier molecular flexibility index (Phi) is 43.9. The summed E-state index contributed by atoms with van der Waals surface area (Å²) in [4.78, 5) is 0. The van der Waals surface area contributed by atoms with E-state index in [-0.39, 0.29) is 89.1 Å². The van der Waals surface area contributed by atoms with Gasteiger partial charge in [-0.15, -0.1) is 0 Å². The van der Waals surface area contributed by atoms with Crippen molar-refractivity contribution in [1.82, 2.24) is 0 Å². The van der Waals surface area contributed by atoms with E-state index < -0.39 is 35.9 Å². The van der Waals surface area contributed by atoms with Crippen molar-refractivity contribution in [2.45, 2.75) is 0 Å². The first kappa shape index (κ1) is 23.6. The van der Waals surface area contributed by atoms with Gasteiger partial charge in [-0.25, -0.2) is 0 Å². The molecule has 0 rings (SSSR count). The van der Waals surface area contributed by atoms with Crippen molar-refractivity contribution in [3.8, 4) is 0 Å². The fraction of sp³-hybridized carbons (Fsp3) is 0. The van der Waals surface area contributed by atoms with E-state index in [2.05, 4.69) is 0 Å². The van der Waals surface area contributed by atoms with E-state index in [1.165, 1.54) is 0 Å². The smallest absolute Gasteiger partial charge is 0.396 e. The molecule has 0 aromatic rings. The second-order valence-corrected chi connectivity index (χ2v) is 2.39. The van der Waals surface area contributed by atoms with Gasteiger partial charge in [-0.2, -0.15) is 0 Å². The molecule has 0 aromatic carbocycles. The summed E-state index contributed by atoms with van der Waals surface area (Å²) in [6, 6.07) is 0. The molecule has 0 aromatic heterocycles. The molecule has 6 nitrogen and oxygen atoms in total. The van der Waals surface area contributed by atoms with Crippen LogP contribution >= 0.6 is 0 Å². The molecule has 0 unspecified atom stereocenters. The molecule has 0 amide bonds. The summed E-state index contributed by atoms with van der Waals surface area (Å²) in [5.41, 5.74) is 0. The normalized spacial score (nSPS) is 7.20. The Morgan fingerprint density at radius 1 is 1.20 bits per heavy atom. The van der Waals surface area contributed by atoms with Gasteiger partial charge in [0, 0.05) is 0 Å². The third-order valence-corrected chi connectivity index (χ3v) is 0. The summed E-state index contributed by atoms with van der Waals surface area (Å²) in [6.45, 7) is 0. The van der Waals surface area contributed by atoms with E-state index in [9.17, 15) is 0 Å². The van der Waals surface area contributed by atoms with Crippen LogP contribution in [0.5, 0.6) is 0 Å². The topological polar surface area (TPSA) is 133 Å². The molecule has 2 N–H and O–H groups in total. The van der Waals surface area contributed by atoms with Gasteiger partial charge < -0.3 is 15.3 Å². The molecule has 0 bridgehead atoms. The Balaban J connectivity index is -0.0000000300. The predicted molar refractivity (Wildman–Crippen MR) is 20.1 cm³/mol. The summed E-state index contributed by atoms with van der Waals surface area (Å²) in [5, 5.41) is 0. The van der Waals surface area contributed by atoms with Gasteiger partial charge in [0.15, 0.2) is 0 Å². The van der Waals surface area contributed by atoms with Crippen molar-refractivity contribution in [3.05, 3.63) is 0 Å². The van der Waals surface area contributed by atoms with E-state index in [0.29, 0.717) is 0 Å². The monoisotopic (exact) mass is 386 g/mol. The van der Waals surface area contributed by atoms with Crippen molar-refractivity contribution in [2.75, 3.05) is 0 Å². The maximum absolute atomic E-state index is 8.68. The average molecular weight is 387 g/mol. The minimum absolute atomic E-state index is 0. The number of halogens is 2. The van der Waals surface area contributed by atoms with E-state index in [4.69, 9.17) is 22.9 Å². The molecule has 10 heteroatoms. The van der Waals surface area contributed by atoms with Crippen molar-refractivity contribution in [3.63, 3.8) is 0 Å². The zero-order chi connectivity index (χ0) is 7.15. The summed E-state index contributed by atoms with van der Waals surface area (Å²) in [6.07, 6.45) is 0. The van der Waals surface area contributed by atoms with Crippen LogP contribution in [0.2, 0.25) is 0 Å². The fourth-order valence-electron chi connectivity index (χ4n) is 0. The number of hydrogen-bond donors (Lipinski definition) is 2. The Morgan fingerprint density at radius 2 is 1.20 bits per heavy atom. The van der Waals surface area contributed by atoms with Crippen LogP contribution in [-0.2, 0) is 0 Å². The van der Waals surface area contributed by atoms with Gasteiger partial charge >= 0.3 is 125 Å². The van der Waals surface area contributed by atoms with Crippen LogP contribution in [0.25, 0.3) is 0 Å². The van der Waals surface area contributed by atoms with Gasteiger partial charge in [0.05, 0.1) is 0 Å².